The van der Waals surface area contributed by atoms with Crippen LogP contribution in [0.5, 0.6) is 11.5 Å². The number of ether oxygens (including phenoxy) is 3. The Morgan fingerprint density at radius 3 is 2.48 bits per heavy atom. The lowest BCUT2D eigenvalue weighted by molar-refractivity contribution is -0.122. The van der Waals surface area contributed by atoms with E-state index < -0.39 is 0 Å². The summed E-state index contributed by atoms with van der Waals surface area (Å²) in [7, 11) is 0. The molecule has 2 unspecified atom stereocenters. The molecule has 2 bridgehead atoms. The fraction of sp³-hybridized carbons (Fsp3) is 0.489. The minimum absolute atomic E-state index is 0.164. The molecule has 4 aliphatic rings. The van der Waals surface area contributed by atoms with E-state index >= 15 is 0 Å². The number of urea groups is 1. The van der Waals surface area contributed by atoms with Gasteiger partial charge in [-0.15, -0.1) is 10.2 Å². The van der Waals surface area contributed by atoms with E-state index in [1.54, 1.807) is 4.68 Å². The fourth-order valence-corrected chi connectivity index (χ4v) is 9.10. The van der Waals surface area contributed by atoms with Gasteiger partial charge in [-0.05, 0) is 87.3 Å². The van der Waals surface area contributed by atoms with Gasteiger partial charge in [-0.2, -0.15) is 5.10 Å². The number of carboxylic acid groups (broad SMARTS) is 1. The van der Waals surface area contributed by atoms with Crippen molar-refractivity contribution in [3.05, 3.63) is 89.7 Å². The van der Waals surface area contributed by atoms with Crippen LogP contribution >= 0.6 is 0 Å². The number of anilines is 2. The molecule has 3 N–H and O–H groups in total. The molecule has 15 heteroatoms. The van der Waals surface area contributed by atoms with Gasteiger partial charge in [-0.3, -0.25) is 19.4 Å². The van der Waals surface area contributed by atoms with Crippen LogP contribution in [-0.2, 0) is 14.9 Å². The van der Waals surface area contributed by atoms with Crippen LogP contribution in [0.3, 0.4) is 0 Å². The van der Waals surface area contributed by atoms with Crippen molar-refractivity contribution >= 4 is 29.9 Å². The first-order chi connectivity index (χ1) is 29.1. The normalized spacial score (nSPS) is 22.7. The molecule has 9 rings (SSSR count). The second-order valence-corrected chi connectivity index (χ2v) is 17.3. The molecule has 2 aromatic carbocycles. The molecule has 60 heavy (non-hydrogen) atoms. The molecule has 3 saturated heterocycles. The number of hydrogen-bond donors (Lipinski definition) is 3. The van der Waals surface area contributed by atoms with Crippen molar-refractivity contribution in [1.82, 2.24) is 34.6 Å². The van der Waals surface area contributed by atoms with E-state index in [2.05, 4.69) is 74.9 Å². The topological polar surface area (TPSA) is 161 Å². The number of benzene rings is 2. The van der Waals surface area contributed by atoms with Crippen molar-refractivity contribution in [2.45, 2.75) is 108 Å². The maximum atomic E-state index is 13.9. The highest BCUT2D eigenvalue weighted by Gasteiger charge is 2.37. The zero-order valence-electron chi connectivity index (χ0n) is 35.0. The Hall–Kier alpha value is -5.67. The number of aromatic nitrogens is 5. The van der Waals surface area contributed by atoms with Crippen LogP contribution < -0.4 is 25.0 Å². The molecule has 6 heterocycles. The Kier molecular flexibility index (Phi) is 12.3. The summed E-state index contributed by atoms with van der Waals surface area (Å²) in [6.45, 7) is 12.5. The SMILES string of the molecule is C[C@H]1CCCCN1c1nnc2ccc(O[C@@H]3CC[C@H](NC(=O)Nc4cc(C(C)(C)C)nn4-c4cccc(OCCN5C6CCC5COC6)c4)c4ccccc43)cn12.O=CO. The number of rotatable bonds is 10. The van der Waals surface area contributed by atoms with Crippen molar-refractivity contribution < 1.29 is 28.9 Å². The van der Waals surface area contributed by atoms with Crippen molar-refractivity contribution in [2.75, 3.05) is 43.1 Å². The van der Waals surface area contributed by atoms with Gasteiger partial charge in [0.05, 0.1) is 36.8 Å². The lowest BCUT2D eigenvalue weighted by atomic mass is 9.85. The summed E-state index contributed by atoms with van der Waals surface area (Å²) in [5, 5.41) is 27.3. The first kappa shape index (κ1) is 41.1. The van der Waals surface area contributed by atoms with E-state index in [0.29, 0.717) is 30.6 Å². The summed E-state index contributed by atoms with van der Waals surface area (Å²) in [6, 6.07) is 23.0. The molecule has 3 aromatic heterocycles. The number of nitrogens with one attached hydrogen (secondary N) is 2. The van der Waals surface area contributed by atoms with Crippen LogP contribution in [0.25, 0.3) is 11.3 Å². The second-order valence-electron chi connectivity index (χ2n) is 17.3. The number of morpholine rings is 1. The maximum Gasteiger partial charge on any atom is 0.320 e. The van der Waals surface area contributed by atoms with E-state index in [1.165, 1.54) is 19.3 Å². The monoisotopic (exact) mass is 819 g/mol. The number of hydrogen-bond acceptors (Lipinski definition) is 10. The zero-order valence-corrected chi connectivity index (χ0v) is 35.0. The van der Waals surface area contributed by atoms with Gasteiger partial charge >= 0.3 is 6.03 Å². The molecule has 2 amide bonds. The van der Waals surface area contributed by atoms with E-state index in [0.717, 1.165) is 97.6 Å². The molecule has 318 valence electrons. The lowest BCUT2D eigenvalue weighted by Crippen LogP contribution is -2.47. The first-order valence-corrected chi connectivity index (χ1v) is 21.3. The average Bonchev–Trinajstić information content (AvgIpc) is 3.92. The molecule has 0 spiro atoms. The zero-order chi connectivity index (χ0) is 41.8. The Morgan fingerprint density at radius 2 is 1.72 bits per heavy atom. The lowest BCUT2D eigenvalue weighted by Gasteiger charge is -2.34. The maximum absolute atomic E-state index is 13.9. The second kappa shape index (κ2) is 17.9. The van der Waals surface area contributed by atoms with E-state index in [-0.39, 0.29) is 30.1 Å². The predicted octanol–water partition coefficient (Wildman–Crippen LogP) is 7.31. The van der Waals surface area contributed by atoms with Crippen LogP contribution in [0, 0.1) is 0 Å². The highest BCUT2D eigenvalue weighted by Crippen LogP contribution is 2.39. The highest BCUT2D eigenvalue weighted by atomic mass is 16.5. The molecular weight excluding hydrogens is 763 g/mol. The van der Waals surface area contributed by atoms with Gasteiger partial charge in [0, 0.05) is 48.8 Å². The van der Waals surface area contributed by atoms with Crippen LogP contribution in [0.4, 0.5) is 16.6 Å². The van der Waals surface area contributed by atoms with Gasteiger partial charge in [-0.25, -0.2) is 9.48 Å². The minimum atomic E-state index is -0.291. The summed E-state index contributed by atoms with van der Waals surface area (Å²) < 4.78 is 22.6. The standard InChI is InChI=1S/C44H55N9O4.CH2O2/c1-29-10-7-8-21-50(29)43-48-47-40-20-17-34(26-52(40)43)57-38-19-18-37(35-13-5-6-14-36(35)38)45-42(54)46-41-25-39(44(2,3)4)49-53(41)30-11-9-12-33(24-30)56-23-22-51-31-15-16-32(51)28-55-27-31;2-1-3/h5-6,9,11-14,17,20,24-26,29,31-32,37-38H,7-8,10,15-16,18-19,21-23,27-28H2,1-4H3,(H2,45,46,54);1H,(H,2,3)/t29-,31?,32?,37-,38+;/m0./s1. The Balaban J connectivity index is 0.00000162. The Morgan fingerprint density at radius 1 is 0.933 bits per heavy atom. The van der Waals surface area contributed by atoms with Crippen molar-refractivity contribution in [3.63, 3.8) is 0 Å². The summed E-state index contributed by atoms with van der Waals surface area (Å²) in [5.74, 6) is 2.99. The van der Waals surface area contributed by atoms with Crippen LogP contribution in [0.1, 0.15) is 102 Å². The van der Waals surface area contributed by atoms with Crippen molar-refractivity contribution in [3.8, 4) is 17.2 Å². The third-order valence-corrected chi connectivity index (χ3v) is 12.2. The number of carbonyl (C=O) groups is 2. The van der Waals surface area contributed by atoms with Crippen LogP contribution in [-0.4, -0.2) is 97.9 Å². The summed E-state index contributed by atoms with van der Waals surface area (Å²) in [5.41, 5.74) is 4.38. The fourth-order valence-electron chi connectivity index (χ4n) is 9.10. The molecule has 15 nitrogen and oxygen atoms in total. The van der Waals surface area contributed by atoms with Gasteiger partial charge in [0.25, 0.3) is 6.47 Å². The van der Waals surface area contributed by atoms with Gasteiger partial charge in [-0.1, -0.05) is 51.1 Å². The quantitative estimate of drug-likeness (QED) is 0.121. The Bertz CT molecular complexity index is 2250. The van der Waals surface area contributed by atoms with Crippen molar-refractivity contribution in [2.24, 2.45) is 0 Å². The number of pyridine rings is 1. The van der Waals surface area contributed by atoms with Crippen molar-refractivity contribution in [1.29, 1.82) is 0 Å². The molecule has 5 aromatic rings. The van der Waals surface area contributed by atoms with E-state index in [9.17, 15) is 4.79 Å². The number of amides is 2. The number of fused-ring (bicyclic) bond motifs is 4. The summed E-state index contributed by atoms with van der Waals surface area (Å²) in [4.78, 5) is 27.1. The third-order valence-electron chi connectivity index (χ3n) is 12.2. The third kappa shape index (κ3) is 8.92. The predicted molar refractivity (Wildman–Crippen MR) is 228 cm³/mol. The number of piperidine rings is 1. The van der Waals surface area contributed by atoms with E-state index in [4.69, 9.17) is 29.2 Å². The molecule has 3 fully saturated rings. The van der Waals surface area contributed by atoms with E-state index in [1.807, 2.05) is 60.8 Å². The minimum Gasteiger partial charge on any atom is -0.492 e. The van der Waals surface area contributed by atoms with Crippen LogP contribution in [0.15, 0.2) is 72.9 Å². The van der Waals surface area contributed by atoms with Gasteiger partial charge in [0.1, 0.15) is 30.0 Å². The summed E-state index contributed by atoms with van der Waals surface area (Å²) in [6.07, 6.45) is 9.25. The average molecular weight is 820 g/mol. The molecular formula is C45H57N9O6. The van der Waals surface area contributed by atoms with Gasteiger partial charge < -0.3 is 29.5 Å². The largest absolute Gasteiger partial charge is 0.492 e. The Labute approximate surface area is 351 Å². The van der Waals surface area contributed by atoms with Gasteiger partial charge in [0.2, 0.25) is 5.95 Å². The molecule has 0 radical (unpaired) electrons. The van der Waals surface area contributed by atoms with Gasteiger partial charge in [0.15, 0.2) is 5.65 Å². The smallest absolute Gasteiger partial charge is 0.320 e. The molecule has 3 aliphatic heterocycles. The number of carbonyl (C=O) groups excluding carboxylic acids is 1. The van der Waals surface area contributed by atoms with Crippen LogP contribution in [0.2, 0.25) is 0 Å². The molecule has 1 aliphatic carbocycles. The molecule has 5 atom stereocenters. The first-order valence-electron chi connectivity index (χ1n) is 21.3. The molecule has 0 saturated carbocycles. The highest BCUT2D eigenvalue weighted by molar-refractivity contribution is 5.89. The number of nitrogens with zero attached hydrogens (tertiary/aromatic N) is 7. The summed E-state index contributed by atoms with van der Waals surface area (Å²) >= 11 is 0.